The van der Waals surface area contributed by atoms with Gasteiger partial charge in [-0.25, -0.2) is 9.79 Å². The number of hydrogen-bond donors (Lipinski definition) is 1. The molecule has 11 heteroatoms. The van der Waals surface area contributed by atoms with E-state index in [2.05, 4.69) is 5.32 Å². The number of aliphatic imine (C=N–C) groups is 1. The van der Waals surface area contributed by atoms with Gasteiger partial charge in [0.25, 0.3) is 0 Å². The normalized spacial score (nSPS) is 17.4. The Kier molecular flexibility index (Phi) is 8.08. The average molecular weight is 552 g/mol. The first-order chi connectivity index (χ1) is 19.0. The second-order valence-corrected chi connectivity index (χ2v) is 9.74. The number of esters is 1. The minimum Gasteiger partial charge on any atom is -0.496 e. The fourth-order valence-corrected chi connectivity index (χ4v) is 5.56. The molecular formula is C28H29N3O7S. The van der Waals surface area contributed by atoms with Crippen molar-refractivity contribution in [2.45, 2.75) is 25.9 Å². The number of thioether (sulfide) groups is 1. The third-order valence-electron chi connectivity index (χ3n) is 6.44. The highest BCUT2D eigenvalue weighted by Crippen LogP contribution is 2.46. The third kappa shape index (κ3) is 5.59. The molecule has 0 unspecified atom stereocenters. The number of carbonyl (C=O) groups is 2. The van der Waals surface area contributed by atoms with Crippen LogP contribution in [0.3, 0.4) is 0 Å². The molecule has 204 valence electrons. The van der Waals surface area contributed by atoms with Gasteiger partial charge in [-0.3, -0.25) is 4.79 Å². The summed E-state index contributed by atoms with van der Waals surface area (Å²) in [4.78, 5) is 33.0. The monoisotopic (exact) mass is 551 g/mol. The molecule has 0 fully saturated rings. The van der Waals surface area contributed by atoms with Crippen LogP contribution in [0.2, 0.25) is 0 Å². The van der Waals surface area contributed by atoms with Crippen molar-refractivity contribution in [1.29, 1.82) is 0 Å². The summed E-state index contributed by atoms with van der Waals surface area (Å²) in [6.45, 7) is 2.71. The lowest BCUT2D eigenvalue weighted by molar-refractivity contribution is -0.141. The summed E-state index contributed by atoms with van der Waals surface area (Å²) in [5.41, 5.74) is 3.31. The maximum Gasteiger partial charge on any atom is 0.338 e. The van der Waals surface area contributed by atoms with Crippen LogP contribution in [0.5, 0.6) is 17.2 Å². The molecule has 3 aliphatic rings. The molecule has 2 aromatic rings. The molecule has 0 saturated carbocycles. The largest absolute Gasteiger partial charge is 0.496 e. The molecule has 1 atom stereocenters. The van der Waals surface area contributed by atoms with E-state index in [1.165, 1.54) is 11.8 Å². The van der Waals surface area contributed by atoms with Crippen molar-refractivity contribution < 1.29 is 33.3 Å². The second-order valence-electron chi connectivity index (χ2n) is 8.90. The number of ether oxygens (including phenoxy) is 5. The van der Waals surface area contributed by atoms with Crippen molar-refractivity contribution in [3.8, 4) is 17.2 Å². The number of nitrogens with zero attached hydrogens (tertiary/aromatic N) is 2. The summed E-state index contributed by atoms with van der Waals surface area (Å²) < 4.78 is 27.0. The molecule has 0 bridgehead atoms. The average Bonchev–Trinajstić information content (AvgIpc) is 3.57. The minimum atomic E-state index is -0.591. The van der Waals surface area contributed by atoms with E-state index >= 15 is 0 Å². The van der Waals surface area contributed by atoms with Crippen molar-refractivity contribution in [2.24, 2.45) is 4.99 Å². The van der Waals surface area contributed by atoms with Gasteiger partial charge in [0.2, 0.25) is 12.7 Å². The smallest absolute Gasteiger partial charge is 0.338 e. The van der Waals surface area contributed by atoms with E-state index in [9.17, 15) is 9.59 Å². The topological polar surface area (TPSA) is 108 Å². The first-order valence-electron chi connectivity index (χ1n) is 12.4. The molecule has 2 aromatic carbocycles. The number of allylic oxidation sites excluding steroid dienone is 1. The number of amidine groups is 1. The number of nitrogens with one attached hydrogen (secondary N) is 1. The number of para-hydroxylation sites is 1. The van der Waals surface area contributed by atoms with Gasteiger partial charge in [0.05, 0.1) is 37.4 Å². The summed E-state index contributed by atoms with van der Waals surface area (Å²) >= 11 is 1.41. The van der Waals surface area contributed by atoms with Gasteiger partial charge in [-0.05, 0) is 36.1 Å². The first-order valence-corrected chi connectivity index (χ1v) is 13.3. The zero-order valence-electron chi connectivity index (χ0n) is 21.9. The Labute approximate surface area is 230 Å². The Bertz CT molecular complexity index is 1370. The van der Waals surface area contributed by atoms with Crippen LogP contribution in [0.4, 0.5) is 0 Å². The van der Waals surface area contributed by atoms with Crippen molar-refractivity contribution in [2.75, 3.05) is 34.2 Å². The predicted octanol–water partition coefficient (Wildman–Crippen LogP) is 3.89. The van der Waals surface area contributed by atoms with Crippen molar-refractivity contribution in [1.82, 2.24) is 10.2 Å². The zero-order chi connectivity index (χ0) is 27.4. The van der Waals surface area contributed by atoms with E-state index in [1.54, 1.807) is 21.1 Å². The summed E-state index contributed by atoms with van der Waals surface area (Å²) in [7, 11) is 3.13. The van der Waals surface area contributed by atoms with Crippen LogP contribution in [0.1, 0.15) is 30.5 Å². The van der Waals surface area contributed by atoms with E-state index < -0.39 is 12.0 Å². The Morgan fingerprint density at radius 2 is 1.95 bits per heavy atom. The molecule has 10 nitrogen and oxygen atoms in total. The van der Waals surface area contributed by atoms with Crippen LogP contribution in [0, 0.1) is 0 Å². The Balaban J connectivity index is 1.38. The van der Waals surface area contributed by atoms with E-state index in [0.29, 0.717) is 45.9 Å². The van der Waals surface area contributed by atoms with Crippen LogP contribution in [0.15, 0.2) is 69.8 Å². The van der Waals surface area contributed by atoms with Gasteiger partial charge in [0.15, 0.2) is 16.7 Å². The van der Waals surface area contributed by atoms with E-state index in [4.69, 9.17) is 28.7 Å². The van der Waals surface area contributed by atoms with E-state index in [0.717, 1.165) is 11.1 Å². The second kappa shape index (κ2) is 11.8. The number of fused-ring (bicyclic) bond motifs is 2. The van der Waals surface area contributed by atoms with Gasteiger partial charge in [0.1, 0.15) is 12.4 Å². The molecule has 3 heterocycles. The minimum absolute atomic E-state index is 0.0905. The molecular weight excluding hydrogens is 522 g/mol. The van der Waals surface area contributed by atoms with Crippen molar-refractivity contribution >= 4 is 28.8 Å². The number of carbonyl (C=O) groups excluding carboxylic acids is 2. The quantitative estimate of drug-likeness (QED) is 0.348. The molecule has 3 aliphatic heterocycles. The van der Waals surface area contributed by atoms with Crippen LogP contribution < -0.4 is 19.5 Å². The Morgan fingerprint density at radius 3 is 2.77 bits per heavy atom. The van der Waals surface area contributed by atoms with Crippen molar-refractivity contribution in [3.63, 3.8) is 0 Å². The fraction of sp³-hybridized carbons (Fsp3) is 0.321. The zero-order valence-corrected chi connectivity index (χ0v) is 22.7. The summed E-state index contributed by atoms with van der Waals surface area (Å²) in [6, 6.07) is 12.5. The molecule has 39 heavy (non-hydrogen) atoms. The van der Waals surface area contributed by atoms with Crippen LogP contribution in [0.25, 0.3) is 0 Å². The van der Waals surface area contributed by atoms with Crippen molar-refractivity contribution in [3.05, 3.63) is 76.0 Å². The highest BCUT2D eigenvalue weighted by atomic mass is 32.2. The number of hydrogen-bond acceptors (Lipinski definition) is 10. The number of rotatable bonds is 10. The maximum atomic E-state index is 13.3. The SMILES string of the molecule is COCCOC(=O)C1=C(C)N=C2SC=C(CC(=O)NCc3ccc4c(c3)OCO4)N2[C@H]1c1ccccc1OC. The fourth-order valence-electron chi connectivity index (χ4n) is 4.59. The maximum absolute atomic E-state index is 13.3. The van der Waals surface area contributed by atoms with Gasteiger partial charge < -0.3 is 33.9 Å². The summed E-state index contributed by atoms with van der Waals surface area (Å²) in [6.07, 6.45) is 0.0905. The van der Waals surface area contributed by atoms with Crippen LogP contribution in [-0.2, 0) is 25.6 Å². The van der Waals surface area contributed by atoms with Gasteiger partial charge >= 0.3 is 5.97 Å². The number of methoxy groups -OCH3 is 2. The molecule has 0 radical (unpaired) electrons. The Morgan fingerprint density at radius 1 is 1.13 bits per heavy atom. The predicted molar refractivity (Wildman–Crippen MR) is 145 cm³/mol. The molecule has 0 aromatic heterocycles. The van der Waals surface area contributed by atoms with Gasteiger partial charge in [-0.1, -0.05) is 36.0 Å². The molecule has 1 amide bonds. The molecule has 1 N–H and O–H groups in total. The number of amides is 1. The van der Waals surface area contributed by atoms with Crippen LogP contribution >= 0.6 is 11.8 Å². The highest BCUT2D eigenvalue weighted by Gasteiger charge is 2.42. The third-order valence-corrected chi connectivity index (χ3v) is 7.33. The van der Waals surface area contributed by atoms with E-state index in [-0.39, 0.29) is 32.3 Å². The molecule has 0 saturated heterocycles. The number of benzene rings is 2. The Hall–Kier alpha value is -3.96. The first kappa shape index (κ1) is 26.6. The van der Waals surface area contributed by atoms with Gasteiger partial charge in [0, 0.05) is 24.9 Å². The lowest BCUT2D eigenvalue weighted by atomic mass is 9.93. The standard InChI is InChI=1S/C28H29N3O7S/c1-17-25(27(33)36-11-10-34-2)26(20-6-4-5-7-21(20)35-3)31-19(15-39-28(31)30-17)13-24(32)29-14-18-8-9-22-23(12-18)38-16-37-22/h4-9,12,15,26H,10-11,13-14,16H2,1-3H3,(H,29,32)/t26-/m0/s1. The lowest BCUT2D eigenvalue weighted by Gasteiger charge is -2.36. The summed E-state index contributed by atoms with van der Waals surface area (Å²) in [5, 5.41) is 5.55. The highest BCUT2D eigenvalue weighted by molar-refractivity contribution is 8.16. The van der Waals surface area contributed by atoms with Gasteiger partial charge in [-0.2, -0.15) is 0 Å². The molecule has 0 aliphatic carbocycles. The lowest BCUT2D eigenvalue weighted by Crippen LogP contribution is -2.38. The van der Waals surface area contributed by atoms with Crippen LogP contribution in [-0.4, -0.2) is 56.2 Å². The summed E-state index contributed by atoms with van der Waals surface area (Å²) in [5.74, 6) is 1.30. The molecule has 0 spiro atoms. The van der Waals surface area contributed by atoms with Gasteiger partial charge in [-0.15, -0.1) is 0 Å². The van der Waals surface area contributed by atoms with E-state index in [1.807, 2.05) is 52.8 Å². The molecule has 5 rings (SSSR count).